The lowest BCUT2D eigenvalue weighted by Crippen LogP contribution is -2.45. The Bertz CT molecular complexity index is 798. The molecule has 2 amide bonds. The molecule has 0 aliphatic carbocycles. The van der Waals surface area contributed by atoms with Gasteiger partial charge in [-0.1, -0.05) is 18.7 Å². The number of alkyl carbamates (subject to hydrolysis) is 1. The fourth-order valence-corrected chi connectivity index (χ4v) is 2.27. The number of nitrogens with zero attached hydrogens (tertiary/aromatic N) is 1. The van der Waals surface area contributed by atoms with E-state index in [4.69, 9.17) is 9.47 Å². The molecule has 0 spiro atoms. The normalized spacial score (nSPS) is 11.7. The van der Waals surface area contributed by atoms with E-state index < -0.39 is 34.5 Å². The predicted molar refractivity (Wildman–Crippen MR) is 108 cm³/mol. The van der Waals surface area contributed by atoms with Crippen molar-refractivity contribution in [2.24, 2.45) is 0 Å². The molecule has 10 heteroatoms. The first-order valence-corrected chi connectivity index (χ1v) is 9.28. The maximum absolute atomic E-state index is 12.3. The Morgan fingerprint density at radius 3 is 2.30 bits per heavy atom. The lowest BCUT2D eigenvalue weighted by atomic mass is 10.1. The van der Waals surface area contributed by atoms with Crippen molar-refractivity contribution in [1.82, 2.24) is 10.6 Å². The van der Waals surface area contributed by atoms with Crippen LogP contribution in [0, 0.1) is 10.1 Å². The van der Waals surface area contributed by atoms with Crippen molar-refractivity contribution in [3.05, 3.63) is 52.1 Å². The van der Waals surface area contributed by atoms with Crippen LogP contribution in [0.3, 0.4) is 0 Å². The monoisotopic (exact) mass is 421 g/mol. The number of non-ortho nitro benzene ring substituents is 1. The third-order valence-electron chi connectivity index (χ3n) is 3.63. The van der Waals surface area contributed by atoms with E-state index in [1.807, 2.05) is 0 Å². The predicted octanol–water partition coefficient (Wildman–Crippen LogP) is 2.61. The Hall–Kier alpha value is -3.43. The molecule has 0 radical (unpaired) electrons. The number of nitrogens with one attached hydrogen (secondary N) is 2. The Kier molecular flexibility index (Phi) is 8.97. The summed E-state index contributed by atoms with van der Waals surface area (Å²) in [5.41, 5.74) is -0.121. The number of hydrogen-bond donors (Lipinski definition) is 2. The molecule has 0 saturated heterocycles. The van der Waals surface area contributed by atoms with Crippen LogP contribution in [0.4, 0.5) is 10.5 Å². The zero-order valence-corrected chi connectivity index (χ0v) is 17.5. The molecule has 0 aliphatic rings. The largest absolute Gasteiger partial charge is 0.464 e. The second kappa shape index (κ2) is 10.9. The summed E-state index contributed by atoms with van der Waals surface area (Å²) >= 11 is 0. The first-order valence-electron chi connectivity index (χ1n) is 9.28. The highest BCUT2D eigenvalue weighted by Gasteiger charge is 2.27. The smallest absolute Gasteiger partial charge is 0.408 e. The Balaban J connectivity index is 2.69. The van der Waals surface area contributed by atoms with Crippen LogP contribution in [0.25, 0.3) is 0 Å². The molecule has 0 bridgehead atoms. The molecule has 1 rings (SSSR count). The summed E-state index contributed by atoms with van der Waals surface area (Å²) in [7, 11) is 0. The van der Waals surface area contributed by atoms with Crippen LogP contribution in [0.5, 0.6) is 0 Å². The molecule has 0 unspecified atom stereocenters. The van der Waals surface area contributed by atoms with Crippen LogP contribution >= 0.6 is 0 Å². The molecule has 0 aromatic heterocycles. The van der Waals surface area contributed by atoms with Gasteiger partial charge in [0.1, 0.15) is 11.6 Å². The number of esters is 1. The number of nitro groups is 1. The van der Waals surface area contributed by atoms with E-state index in [-0.39, 0.29) is 30.8 Å². The van der Waals surface area contributed by atoms with Crippen LogP contribution in [-0.2, 0) is 25.6 Å². The average Bonchev–Trinajstić information content (AvgIpc) is 2.64. The number of benzene rings is 1. The van der Waals surface area contributed by atoms with Crippen molar-refractivity contribution in [3.63, 3.8) is 0 Å². The Morgan fingerprint density at radius 2 is 1.80 bits per heavy atom. The first kappa shape index (κ1) is 24.6. The van der Waals surface area contributed by atoms with Gasteiger partial charge in [-0.05, 0) is 33.3 Å². The summed E-state index contributed by atoms with van der Waals surface area (Å²) in [4.78, 5) is 46.6. The summed E-state index contributed by atoms with van der Waals surface area (Å²) in [6.45, 7) is 10.5. The minimum absolute atomic E-state index is 0.0472. The van der Waals surface area contributed by atoms with Gasteiger partial charge < -0.3 is 20.1 Å². The average molecular weight is 421 g/mol. The molecule has 10 nitrogen and oxygen atoms in total. The van der Waals surface area contributed by atoms with Crippen LogP contribution in [-0.4, -0.2) is 41.1 Å². The van der Waals surface area contributed by atoms with Gasteiger partial charge in [0.15, 0.2) is 0 Å². The molecule has 30 heavy (non-hydrogen) atoms. The topological polar surface area (TPSA) is 137 Å². The van der Waals surface area contributed by atoms with Gasteiger partial charge in [-0.25, -0.2) is 9.59 Å². The third-order valence-corrected chi connectivity index (χ3v) is 3.63. The fraction of sp³-hybridized carbons (Fsp3) is 0.450. The minimum Gasteiger partial charge on any atom is -0.464 e. The number of hydrogen-bond acceptors (Lipinski definition) is 7. The Morgan fingerprint density at radius 1 is 1.20 bits per heavy atom. The molecule has 1 aromatic carbocycles. The first-order chi connectivity index (χ1) is 13.9. The van der Waals surface area contributed by atoms with Crippen molar-refractivity contribution in [2.45, 2.75) is 52.3 Å². The molecule has 0 fully saturated rings. The Labute approximate surface area is 174 Å². The molecule has 0 heterocycles. The standard InChI is InChI=1S/C20H27N3O7/c1-6-29-18(25)16(22-19(26)30-20(3,4)5)11-13(2)17(24)21-12-14-7-9-15(10-8-14)23(27)28/h7-10,16H,2,6,11-12H2,1,3-5H3,(H,21,24)(H,22,26)/t16-/m0/s1. The minimum atomic E-state index is -1.14. The third kappa shape index (κ3) is 8.72. The van der Waals surface area contributed by atoms with Gasteiger partial charge in [-0.15, -0.1) is 0 Å². The van der Waals surface area contributed by atoms with Crippen LogP contribution in [0.2, 0.25) is 0 Å². The van der Waals surface area contributed by atoms with Gasteiger partial charge in [0, 0.05) is 30.7 Å². The quantitative estimate of drug-likeness (QED) is 0.271. The number of carbonyl (C=O) groups excluding carboxylic acids is 3. The summed E-state index contributed by atoms with van der Waals surface area (Å²) in [5, 5.41) is 15.7. The summed E-state index contributed by atoms with van der Waals surface area (Å²) in [6.07, 6.45) is -0.996. The van der Waals surface area contributed by atoms with Crippen molar-refractivity contribution in [1.29, 1.82) is 0 Å². The van der Waals surface area contributed by atoms with E-state index in [9.17, 15) is 24.5 Å². The number of ether oxygens (including phenoxy) is 2. The van der Waals surface area contributed by atoms with Crippen molar-refractivity contribution >= 4 is 23.7 Å². The van der Waals surface area contributed by atoms with E-state index in [2.05, 4.69) is 17.2 Å². The van der Waals surface area contributed by atoms with Gasteiger partial charge in [0.2, 0.25) is 5.91 Å². The maximum Gasteiger partial charge on any atom is 0.408 e. The number of amides is 2. The van der Waals surface area contributed by atoms with Crippen molar-refractivity contribution in [3.8, 4) is 0 Å². The lowest BCUT2D eigenvalue weighted by molar-refractivity contribution is -0.384. The van der Waals surface area contributed by atoms with E-state index in [0.717, 1.165) is 0 Å². The molecule has 164 valence electrons. The lowest BCUT2D eigenvalue weighted by Gasteiger charge is -2.23. The molecule has 1 aromatic rings. The van der Waals surface area contributed by atoms with E-state index >= 15 is 0 Å². The fourth-order valence-electron chi connectivity index (χ4n) is 2.27. The molecular weight excluding hydrogens is 394 g/mol. The van der Waals surface area contributed by atoms with Crippen LogP contribution in [0.1, 0.15) is 39.7 Å². The van der Waals surface area contributed by atoms with Crippen LogP contribution < -0.4 is 10.6 Å². The van der Waals surface area contributed by atoms with Gasteiger partial charge in [0.25, 0.3) is 5.69 Å². The van der Waals surface area contributed by atoms with Crippen LogP contribution in [0.15, 0.2) is 36.4 Å². The summed E-state index contributed by atoms with van der Waals surface area (Å²) in [6, 6.07) is 4.56. The van der Waals surface area contributed by atoms with Gasteiger partial charge in [-0.2, -0.15) is 0 Å². The number of carbonyl (C=O) groups is 3. The van der Waals surface area contributed by atoms with Crippen molar-refractivity contribution < 1.29 is 28.8 Å². The second-order valence-corrected chi connectivity index (χ2v) is 7.36. The molecule has 0 saturated carbocycles. The van der Waals surface area contributed by atoms with Gasteiger partial charge in [-0.3, -0.25) is 14.9 Å². The van der Waals surface area contributed by atoms with E-state index in [0.29, 0.717) is 5.56 Å². The second-order valence-electron chi connectivity index (χ2n) is 7.36. The van der Waals surface area contributed by atoms with E-state index in [1.165, 1.54) is 24.3 Å². The highest BCUT2D eigenvalue weighted by Crippen LogP contribution is 2.13. The summed E-state index contributed by atoms with van der Waals surface area (Å²) in [5.74, 6) is -1.25. The number of nitro benzene ring substituents is 1. The van der Waals surface area contributed by atoms with Gasteiger partial charge in [0.05, 0.1) is 11.5 Å². The molecule has 1 atom stereocenters. The molecule has 2 N–H and O–H groups in total. The maximum atomic E-state index is 12.3. The highest BCUT2D eigenvalue weighted by molar-refractivity contribution is 5.94. The number of rotatable bonds is 9. The van der Waals surface area contributed by atoms with Gasteiger partial charge >= 0.3 is 12.1 Å². The summed E-state index contributed by atoms with van der Waals surface area (Å²) < 4.78 is 10.1. The highest BCUT2D eigenvalue weighted by atomic mass is 16.6. The SMILES string of the molecule is C=C(C[C@H](NC(=O)OC(C)(C)C)C(=O)OCC)C(=O)NCc1ccc([N+](=O)[O-])cc1. The molecule has 0 aliphatic heterocycles. The van der Waals surface area contributed by atoms with Crippen molar-refractivity contribution in [2.75, 3.05) is 6.61 Å². The van der Waals surface area contributed by atoms with E-state index in [1.54, 1.807) is 27.7 Å². The zero-order chi connectivity index (χ0) is 22.9. The molecular formula is C20H27N3O7. The zero-order valence-electron chi connectivity index (χ0n) is 17.5.